The van der Waals surface area contributed by atoms with Crippen molar-refractivity contribution in [1.29, 1.82) is 0 Å². The zero-order chi connectivity index (χ0) is 15.5. The van der Waals surface area contributed by atoms with Gasteiger partial charge >= 0.3 is 12.4 Å². The Hall–Kier alpha value is -0.970. The van der Waals surface area contributed by atoms with Crippen molar-refractivity contribution in [3.05, 3.63) is 10.1 Å². The molecule has 116 valence electrons. The first-order chi connectivity index (χ1) is 8.92. The molecule has 0 aromatic heterocycles. The molecule has 2 bridgehead atoms. The zero-order valence-corrected chi connectivity index (χ0v) is 10.1. The summed E-state index contributed by atoms with van der Waals surface area (Å²) < 4.78 is 77.5. The normalized spacial score (nSPS) is 36.1. The molecule has 12 heteroatoms. The first-order valence-corrected chi connectivity index (χ1v) is 5.72. The van der Waals surface area contributed by atoms with E-state index in [1.807, 2.05) is 0 Å². The lowest BCUT2D eigenvalue weighted by Crippen LogP contribution is -2.70. The third kappa shape index (κ3) is 1.90. The molecule has 1 saturated carbocycles. The quantitative estimate of drug-likeness (QED) is 0.364. The van der Waals surface area contributed by atoms with Gasteiger partial charge in [-0.2, -0.15) is 26.3 Å². The van der Waals surface area contributed by atoms with Crippen molar-refractivity contribution in [2.45, 2.75) is 41.8 Å². The van der Waals surface area contributed by atoms with Gasteiger partial charge in [0.1, 0.15) is 6.10 Å². The molecule has 20 heavy (non-hydrogen) atoms. The van der Waals surface area contributed by atoms with Gasteiger partial charge in [-0.25, -0.2) is 0 Å². The van der Waals surface area contributed by atoms with Gasteiger partial charge in [0.2, 0.25) is 5.54 Å². The number of nitrogens with zero attached hydrogens (tertiary/aromatic N) is 1. The fourth-order valence-corrected chi connectivity index (χ4v) is 3.42. The van der Waals surface area contributed by atoms with Crippen LogP contribution in [0.1, 0.15) is 6.42 Å². The predicted molar refractivity (Wildman–Crippen MR) is 51.4 cm³/mol. The van der Waals surface area contributed by atoms with Crippen LogP contribution in [0, 0.1) is 16.0 Å². The minimum Gasteiger partial charge on any atom is -0.309 e. The standard InChI is InChI=1S/C8H7ClF6N2O3/c9-4-2-1-3(20-17(18)19)5(4)16-6(2,7(10,11)12)8(13,14)15/h2-5,16H,1H2/t2-,3+,4-,5-/m0/s1. The van der Waals surface area contributed by atoms with Gasteiger partial charge in [0, 0.05) is 5.92 Å². The van der Waals surface area contributed by atoms with Gasteiger partial charge in [-0.1, -0.05) is 0 Å². The summed E-state index contributed by atoms with van der Waals surface area (Å²) in [6.07, 6.45) is -13.5. The van der Waals surface area contributed by atoms with Crippen LogP contribution in [-0.4, -0.2) is 40.5 Å². The summed E-state index contributed by atoms with van der Waals surface area (Å²) in [5, 5.41) is 8.71. The first kappa shape index (κ1) is 15.4. The number of hydrogen-bond donors (Lipinski definition) is 1. The summed E-state index contributed by atoms with van der Waals surface area (Å²) in [5.41, 5.74) is -4.16. The van der Waals surface area contributed by atoms with E-state index in [2.05, 4.69) is 4.84 Å². The molecule has 1 heterocycles. The lowest BCUT2D eigenvalue weighted by atomic mass is 9.82. The van der Waals surface area contributed by atoms with Crippen molar-refractivity contribution in [3.63, 3.8) is 0 Å². The monoisotopic (exact) mass is 328 g/mol. The van der Waals surface area contributed by atoms with Gasteiger partial charge in [-0.05, 0) is 6.42 Å². The summed E-state index contributed by atoms with van der Waals surface area (Å²) in [4.78, 5) is 14.2. The van der Waals surface area contributed by atoms with E-state index in [0.29, 0.717) is 0 Å². The Labute approximate surface area is 112 Å². The van der Waals surface area contributed by atoms with Crippen LogP contribution in [0.2, 0.25) is 0 Å². The first-order valence-electron chi connectivity index (χ1n) is 5.28. The molecular formula is C8H7ClF6N2O3. The number of fused-ring (bicyclic) bond motifs is 2. The molecule has 1 aliphatic carbocycles. The molecule has 1 saturated heterocycles. The SMILES string of the molecule is O=[N+]([O-])O[C@@H]1C[C@H]2[C@H](Cl)[C@H]1NC2(C(F)(F)F)C(F)(F)F. The minimum absolute atomic E-state index is 0.800. The van der Waals surface area contributed by atoms with Crippen LogP contribution >= 0.6 is 11.6 Å². The fourth-order valence-electron chi connectivity index (χ4n) is 2.90. The van der Waals surface area contributed by atoms with E-state index in [4.69, 9.17) is 11.6 Å². The van der Waals surface area contributed by atoms with Crippen molar-refractivity contribution in [2.75, 3.05) is 0 Å². The van der Waals surface area contributed by atoms with Crippen molar-refractivity contribution in [2.24, 2.45) is 5.92 Å². The number of alkyl halides is 7. The number of piperidine rings is 1. The molecule has 0 spiro atoms. The van der Waals surface area contributed by atoms with Gasteiger partial charge in [0.25, 0.3) is 5.09 Å². The van der Waals surface area contributed by atoms with Gasteiger partial charge in [0.05, 0.1) is 11.4 Å². The highest BCUT2D eigenvalue weighted by atomic mass is 35.5. The number of rotatable bonds is 2. The second-order valence-corrected chi connectivity index (χ2v) is 5.13. The van der Waals surface area contributed by atoms with Gasteiger partial charge in [0.15, 0.2) is 0 Å². The summed E-state index contributed by atoms with van der Waals surface area (Å²) in [7, 11) is 0. The lowest BCUT2D eigenvalue weighted by molar-refractivity contribution is -0.769. The topological polar surface area (TPSA) is 64.4 Å². The number of hydrogen-bond acceptors (Lipinski definition) is 4. The predicted octanol–water partition coefficient (Wildman–Crippen LogP) is 2.03. The second kappa shape index (κ2) is 4.26. The molecule has 0 aromatic carbocycles. The van der Waals surface area contributed by atoms with E-state index in [-0.39, 0.29) is 0 Å². The van der Waals surface area contributed by atoms with Crippen molar-refractivity contribution < 1.29 is 36.3 Å². The minimum atomic E-state index is -5.63. The van der Waals surface area contributed by atoms with Crippen molar-refractivity contribution in [1.82, 2.24) is 5.32 Å². The molecule has 2 fully saturated rings. The van der Waals surface area contributed by atoms with E-state index in [0.717, 1.165) is 0 Å². The Bertz CT molecular complexity index is 413. The van der Waals surface area contributed by atoms with Crippen LogP contribution in [0.5, 0.6) is 0 Å². The second-order valence-electron chi connectivity index (χ2n) is 4.63. The van der Waals surface area contributed by atoms with Crippen LogP contribution in [0.25, 0.3) is 0 Å². The summed E-state index contributed by atoms with van der Waals surface area (Å²) in [6, 6.07) is -1.60. The van der Waals surface area contributed by atoms with Crippen molar-refractivity contribution >= 4 is 11.6 Å². The van der Waals surface area contributed by atoms with Gasteiger partial charge in [-0.15, -0.1) is 21.7 Å². The average Bonchev–Trinajstić information content (AvgIpc) is 2.66. The Morgan fingerprint density at radius 1 is 1.25 bits per heavy atom. The van der Waals surface area contributed by atoms with Crippen LogP contribution < -0.4 is 5.32 Å². The highest BCUT2D eigenvalue weighted by Gasteiger charge is 2.81. The van der Waals surface area contributed by atoms with E-state index in [1.165, 1.54) is 5.32 Å². The van der Waals surface area contributed by atoms with Crippen LogP contribution in [0.15, 0.2) is 0 Å². The Kier molecular flexibility index (Phi) is 3.29. The third-order valence-corrected chi connectivity index (χ3v) is 4.26. The maximum absolute atomic E-state index is 12.9. The molecular weight excluding hydrogens is 322 g/mol. The zero-order valence-electron chi connectivity index (χ0n) is 9.33. The van der Waals surface area contributed by atoms with Crippen LogP contribution in [0.3, 0.4) is 0 Å². The third-order valence-electron chi connectivity index (χ3n) is 3.68. The highest BCUT2D eigenvalue weighted by Crippen LogP contribution is 2.58. The van der Waals surface area contributed by atoms with Crippen molar-refractivity contribution in [3.8, 4) is 0 Å². The Morgan fingerprint density at radius 2 is 1.75 bits per heavy atom. The highest BCUT2D eigenvalue weighted by molar-refractivity contribution is 6.22. The van der Waals surface area contributed by atoms with E-state index in [1.54, 1.807) is 0 Å². The molecule has 0 radical (unpaired) electrons. The maximum Gasteiger partial charge on any atom is 0.415 e. The summed E-state index contributed by atoms with van der Waals surface area (Å²) >= 11 is 5.59. The Morgan fingerprint density at radius 3 is 2.05 bits per heavy atom. The number of halogens is 7. The molecule has 2 aliphatic rings. The maximum atomic E-state index is 12.9. The largest absolute Gasteiger partial charge is 0.415 e. The fraction of sp³-hybridized carbons (Fsp3) is 1.00. The molecule has 0 aromatic rings. The summed E-state index contributed by atoms with van der Waals surface area (Å²) in [5.74, 6) is -2.08. The van der Waals surface area contributed by atoms with E-state index < -0.39 is 52.8 Å². The summed E-state index contributed by atoms with van der Waals surface area (Å²) in [6.45, 7) is 0. The van der Waals surface area contributed by atoms with E-state index >= 15 is 0 Å². The lowest BCUT2D eigenvalue weighted by Gasteiger charge is -2.42. The van der Waals surface area contributed by atoms with Gasteiger partial charge in [-0.3, -0.25) is 5.32 Å². The average molecular weight is 329 g/mol. The molecule has 0 amide bonds. The molecule has 1 aliphatic heterocycles. The van der Waals surface area contributed by atoms with Gasteiger partial charge < -0.3 is 4.84 Å². The van der Waals surface area contributed by atoms with E-state index in [9.17, 15) is 36.5 Å². The molecule has 5 nitrogen and oxygen atoms in total. The van der Waals surface area contributed by atoms with Crippen LogP contribution in [0.4, 0.5) is 26.3 Å². The Balaban J connectivity index is 2.37. The molecule has 1 N–H and O–H groups in total. The smallest absolute Gasteiger partial charge is 0.309 e. The van der Waals surface area contributed by atoms with Crippen LogP contribution in [-0.2, 0) is 4.84 Å². The molecule has 2 rings (SSSR count). The number of nitrogens with one attached hydrogen (secondary N) is 1. The molecule has 4 atom stereocenters. The molecule has 0 unspecified atom stereocenters.